The fourth-order valence-corrected chi connectivity index (χ4v) is 2.65. The number of aryl methyl sites for hydroxylation is 2. The van der Waals surface area contributed by atoms with Gasteiger partial charge in [0.2, 0.25) is 0 Å². The molecule has 0 aliphatic heterocycles. The van der Waals surface area contributed by atoms with E-state index in [2.05, 4.69) is 20.7 Å². The number of nitrogens with one attached hydrogen (secondary N) is 2. The van der Waals surface area contributed by atoms with Gasteiger partial charge in [-0.05, 0) is 43.2 Å². The normalized spacial score (nSPS) is 11.0. The van der Waals surface area contributed by atoms with Gasteiger partial charge in [0.1, 0.15) is 10.7 Å². The average molecular weight is 398 g/mol. The van der Waals surface area contributed by atoms with Gasteiger partial charge in [0.15, 0.2) is 0 Å². The summed E-state index contributed by atoms with van der Waals surface area (Å²) in [4.78, 5) is 22.5. The molecule has 8 nitrogen and oxygen atoms in total. The van der Waals surface area contributed by atoms with Crippen LogP contribution in [0.15, 0.2) is 47.6 Å². The van der Waals surface area contributed by atoms with Gasteiger partial charge in [0.05, 0.1) is 16.8 Å². The quantitative estimate of drug-likeness (QED) is 0.384. The van der Waals surface area contributed by atoms with Crippen molar-refractivity contribution in [3.05, 3.63) is 80.0 Å². The molecule has 2 N–H and O–H groups in total. The van der Waals surface area contributed by atoms with E-state index in [1.54, 1.807) is 12.1 Å². The molecule has 1 amide bonds. The predicted molar refractivity (Wildman–Crippen MR) is 107 cm³/mol. The third-order valence-electron chi connectivity index (χ3n) is 4.17. The Morgan fingerprint density at radius 2 is 2.00 bits per heavy atom. The van der Waals surface area contributed by atoms with Crippen molar-refractivity contribution in [3.63, 3.8) is 0 Å². The Labute approximate surface area is 165 Å². The maximum absolute atomic E-state index is 12.2. The van der Waals surface area contributed by atoms with Crippen molar-refractivity contribution in [1.82, 2.24) is 15.6 Å². The lowest BCUT2D eigenvalue weighted by Gasteiger charge is -2.01. The summed E-state index contributed by atoms with van der Waals surface area (Å²) in [5.74, 6) is -0.484. The Morgan fingerprint density at radius 1 is 1.21 bits per heavy atom. The largest absolute Gasteiger partial charge is 0.289 e. The van der Waals surface area contributed by atoms with Crippen LogP contribution < -0.4 is 5.43 Å². The molecular weight excluding hydrogens is 382 g/mol. The van der Waals surface area contributed by atoms with Gasteiger partial charge in [-0.2, -0.15) is 10.2 Å². The van der Waals surface area contributed by atoms with Crippen LogP contribution in [0, 0.1) is 24.0 Å². The lowest BCUT2D eigenvalue weighted by atomic mass is 10.0. The van der Waals surface area contributed by atoms with Crippen molar-refractivity contribution < 1.29 is 9.72 Å². The summed E-state index contributed by atoms with van der Waals surface area (Å²) in [5, 5.41) is 21.6. The van der Waals surface area contributed by atoms with Crippen LogP contribution in [0.3, 0.4) is 0 Å². The minimum atomic E-state index is -0.586. The Bertz CT molecular complexity index is 1090. The number of nitro groups is 1. The molecule has 9 heteroatoms. The highest BCUT2D eigenvalue weighted by molar-refractivity contribution is 6.32. The highest BCUT2D eigenvalue weighted by Crippen LogP contribution is 2.24. The molecule has 3 rings (SSSR count). The summed E-state index contributed by atoms with van der Waals surface area (Å²) in [6.07, 6.45) is 1.29. The second-order valence-electron chi connectivity index (χ2n) is 6.13. The van der Waals surface area contributed by atoms with Crippen LogP contribution in [-0.2, 0) is 0 Å². The van der Waals surface area contributed by atoms with Gasteiger partial charge < -0.3 is 0 Å². The van der Waals surface area contributed by atoms with E-state index in [0.717, 1.165) is 11.1 Å². The number of aromatic nitrogens is 2. The van der Waals surface area contributed by atoms with Gasteiger partial charge in [-0.25, -0.2) is 5.43 Å². The molecule has 1 heterocycles. The molecule has 0 bridgehead atoms. The number of hydrogen-bond donors (Lipinski definition) is 2. The van der Waals surface area contributed by atoms with Crippen LogP contribution in [-0.4, -0.2) is 27.2 Å². The summed E-state index contributed by atoms with van der Waals surface area (Å²) in [7, 11) is 0. The maximum Gasteiger partial charge on any atom is 0.289 e. The minimum Gasteiger partial charge on any atom is -0.272 e. The van der Waals surface area contributed by atoms with E-state index in [1.165, 1.54) is 23.9 Å². The molecule has 28 heavy (non-hydrogen) atoms. The Morgan fingerprint density at radius 3 is 2.71 bits per heavy atom. The van der Waals surface area contributed by atoms with Crippen LogP contribution in [0.25, 0.3) is 11.3 Å². The summed E-state index contributed by atoms with van der Waals surface area (Å²) < 4.78 is 0. The van der Waals surface area contributed by atoms with Crippen molar-refractivity contribution in [2.24, 2.45) is 5.10 Å². The molecule has 0 fully saturated rings. The molecule has 0 aliphatic carbocycles. The van der Waals surface area contributed by atoms with Crippen LogP contribution in [0.4, 0.5) is 5.69 Å². The number of nitro benzene ring substituents is 1. The molecule has 0 saturated carbocycles. The highest BCUT2D eigenvalue weighted by atomic mass is 35.5. The fraction of sp³-hybridized carbons (Fsp3) is 0.105. The van der Waals surface area contributed by atoms with Crippen molar-refractivity contribution in [2.45, 2.75) is 13.8 Å². The molecule has 0 atom stereocenters. The first-order valence-corrected chi connectivity index (χ1v) is 8.63. The van der Waals surface area contributed by atoms with Crippen molar-refractivity contribution in [3.8, 4) is 11.3 Å². The molecule has 0 saturated heterocycles. The molecule has 0 spiro atoms. The van der Waals surface area contributed by atoms with Gasteiger partial charge in [0, 0.05) is 17.2 Å². The summed E-state index contributed by atoms with van der Waals surface area (Å²) >= 11 is 5.76. The van der Waals surface area contributed by atoms with E-state index in [0.29, 0.717) is 11.3 Å². The van der Waals surface area contributed by atoms with Gasteiger partial charge in [-0.3, -0.25) is 20.0 Å². The van der Waals surface area contributed by atoms with Crippen LogP contribution in [0.1, 0.15) is 27.2 Å². The summed E-state index contributed by atoms with van der Waals surface area (Å²) in [5.41, 5.74) is 6.64. The van der Waals surface area contributed by atoms with Crippen LogP contribution >= 0.6 is 11.6 Å². The topological polar surface area (TPSA) is 113 Å². The first kappa shape index (κ1) is 19.2. The lowest BCUT2D eigenvalue weighted by molar-refractivity contribution is -0.384. The predicted octanol–water partition coefficient (Wildman–Crippen LogP) is 4.02. The molecular formula is C19H16ClN5O3. The van der Waals surface area contributed by atoms with E-state index in [4.69, 9.17) is 11.6 Å². The number of H-pyrrole nitrogens is 1. The molecule has 0 radical (unpaired) electrons. The van der Waals surface area contributed by atoms with E-state index in [-0.39, 0.29) is 16.4 Å². The molecule has 142 valence electrons. The monoisotopic (exact) mass is 397 g/mol. The summed E-state index contributed by atoms with van der Waals surface area (Å²) in [6.45, 7) is 4.03. The van der Waals surface area contributed by atoms with Crippen LogP contribution in [0.2, 0.25) is 5.02 Å². The third kappa shape index (κ3) is 4.24. The first-order valence-electron chi connectivity index (χ1n) is 8.25. The van der Waals surface area contributed by atoms with E-state index >= 15 is 0 Å². The number of nitrogens with zero attached hydrogens (tertiary/aromatic N) is 3. The van der Waals surface area contributed by atoms with Gasteiger partial charge >= 0.3 is 0 Å². The second-order valence-corrected chi connectivity index (χ2v) is 6.54. The Balaban J connectivity index is 1.69. The van der Waals surface area contributed by atoms with E-state index < -0.39 is 10.8 Å². The lowest BCUT2D eigenvalue weighted by Crippen LogP contribution is -2.18. The number of carbonyl (C=O) groups excluding carboxylic acids is 1. The zero-order valence-corrected chi connectivity index (χ0v) is 15.8. The van der Waals surface area contributed by atoms with Gasteiger partial charge in [-0.15, -0.1) is 0 Å². The third-order valence-corrected chi connectivity index (χ3v) is 4.49. The number of amides is 1. The SMILES string of the molecule is Cc1ccc(-c2cc(C(=O)NN=Cc3ccc(Cl)c([N+](=O)[O-])c3)[nH]n2)cc1C. The van der Waals surface area contributed by atoms with E-state index in [9.17, 15) is 14.9 Å². The molecule has 1 aromatic heterocycles. The number of aromatic amines is 1. The standard InChI is InChI=1S/C19H16ClN5O3/c1-11-3-5-14(7-12(11)2)16-9-17(23-22-16)19(26)24-21-10-13-4-6-15(20)18(8-13)25(27)28/h3-10H,1-2H3,(H,22,23)(H,24,26). The van der Waals surface area contributed by atoms with Crippen molar-refractivity contribution >= 4 is 29.4 Å². The zero-order chi connectivity index (χ0) is 20.3. The average Bonchev–Trinajstić information content (AvgIpc) is 3.15. The van der Waals surface area contributed by atoms with Crippen molar-refractivity contribution in [2.75, 3.05) is 0 Å². The maximum atomic E-state index is 12.2. The number of rotatable bonds is 5. The molecule has 0 aliphatic rings. The van der Waals surface area contributed by atoms with Crippen molar-refractivity contribution in [1.29, 1.82) is 0 Å². The van der Waals surface area contributed by atoms with Crippen LogP contribution in [0.5, 0.6) is 0 Å². The number of carbonyl (C=O) groups is 1. The zero-order valence-electron chi connectivity index (χ0n) is 15.1. The molecule has 3 aromatic rings. The van der Waals surface area contributed by atoms with Gasteiger partial charge in [-0.1, -0.05) is 29.8 Å². The number of hydrazone groups is 1. The van der Waals surface area contributed by atoms with Gasteiger partial charge in [0.25, 0.3) is 11.6 Å². The summed E-state index contributed by atoms with van der Waals surface area (Å²) in [6, 6.07) is 11.8. The number of benzene rings is 2. The Kier molecular flexibility index (Phi) is 5.51. The first-order chi connectivity index (χ1) is 13.3. The fourth-order valence-electron chi connectivity index (χ4n) is 2.46. The molecule has 2 aromatic carbocycles. The molecule has 0 unspecified atom stereocenters. The number of halogens is 1. The smallest absolute Gasteiger partial charge is 0.272 e. The van der Waals surface area contributed by atoms with E-state index in [1.807, 2.05) is 32.0 Å². The number of hydrogen-bond acceptors (Lipinski definition) is 5. The Hall–Kier alpha value is -3.52. The minimum absolute atomic E-state index is 0.0301. The highest BCUT2D eigenvalue weighted by Gasteiger charge is 2.13. The second kappa shape index (κ2) is 8.01.